The fourth-order valence-electron chi connectivity index (χ4n) is 1.32. The molecule has 3 heterocycles. The average molecular weight is 249 g/mol. The van der Waals surface area contributed by atoms with Gasteiger partial charge in [0.25, 0.3) is 0 Å². The predicted octanol–water partition coefficient (Wildman–Crippen LogP) is 0.492. The molecule has 0 atom stereocenters. The number of nitrogens with one attached hydrogen (secondary N) is 1. The van der Waals surface area contributed by atoms with Gasteiger partial charge in [0.2, 0.25) is 5.01 Å². The summed E-state index contributed by atoms with van der Waals surface area (Å²) in [6, 6.07) is 0. The molecular weight excluding hydrogens is 242 g/mol. The summed E-state index contributed by atoms with van der Waals surface area (Å²) in [4.78, 5) is 29.4. The van der Waals surface area contributed by atoms with Crippen molar-refractivity contribution in [1.82, 2.24) is 25.5 Å². The molecule has 0 fully saturated rings. The smallest absolute Gasteiger partial charge is 0.341 e. The summed E-state index contributed by atoms with van der Waals surface area (Å²) < 4.78 is 0. The van der Waals surface area contributed by atoms with Crippen LogP contribution in [0.4, 0.5) is 0 Å². The lowest BCUT2D eigenvalue weighted by atomic mass is 10.6. The number of hydroxylamine groups is 1. The van der Waals surface area contributed by atoms with Crippen molar-refractivity contribution >= 4 is 27.7 Å². The maximum Gasteiger partial charge on any atom is 0.387 e. The van der Waals surface area contributed by atoms with Gasteiger partial charge in [-0.2, -0.15) is 0 Å². The van der Waals surface area contributed by atoms with Crippen LogP contribution < -0.4 is 5.43 Å². The molecule has 3 rings (SSSR count). The van der Waals surface area contributed by atoms with Crippen molar-refractivity contribution in [1.29, 1.82) is 0 Å². The van der Waals surface area contributed by atoms with Gasteiger partial charge in [0, 0.05) is 6.20 Å². The maximum absolute atomic E-state index is 11.7. The summed E-state index contributed by atoms with van der Waals surface area (Å²) >= 11 is 1.18. The largest absolute Gasteiger partial charge is 0.387 e. The molecule has 8 heteroatoms. The molecule has 0 spiro atoms. The van der Waals surface area contributed by atoms with Crippen molar-refractivity contribution < 1.29 is 9.63 Å². The Labute approximate surface area is 99.7 Å². The Kier molecular flexibility index (Phi) is 2.42. The summed E-state index contributed by atoms with van der Waals surface area (Å²) in [6.45, 7) is 0.510. The van der Waals surface area contributed by atoms with E-state index in [4.69, 9.17) is 4.84 Å². The van der Waals surface area contributed by atoms with Gasteiger partial charge in [-0.05, 0) is 11.2 Å². The molecule has 0 amide bonds. The first kappa shape index (κ1) is 10.1. The van der Waals surface area contributed by atoms with E-state index >= 15 is 0 Å². The van der Waals surface area contributed by atoms with Crippen LogP contribution in [0, 0.1) is 0 Å². The summed E-state index contributed by atoms with van der Waals surface area (Å²) in [6.07, 6.45) is 6.50. The minimum Gasteiger partial charge on any atom is -0.341 e. The number of carbonyl (C=O) groups is 1. The number of rotatable bonds is 2. The highest BCUT2D eigenvalue weighted by atomic mass is 32.1. The highest BCUT2D eigenvalue weighted by Crippen LogP contribution is 2.19. The van der Waals surface area contributed by atoms with E-state index in [1.165, 1.54) is 22.8 Å². The number of fused-ring (bicyclic) bond motifs is 1. The van der Waals surface area contributed by atoms with Crippen molar-refractivity contribution in [2.45, 2.75) is 0 Å². The van der Waals surface area contributed by atoms with Crippen molar-refractivity contribution in [3.05, 3.63) is 29.8 Å². The van der Waals surface area contributed by atoms with E-state index in [2.05, 4.69) is 20.4 Å². The number of carbonyl (C=O) groups excluding carboxylic acids is 1. The van der Waals surface area contributed by atoms with Gasteiger partial charge >= 0.3 is 5.97 Å². The minimum atomic E-state index is -0.510. The van der Waals surface area contributed by atoms with Crippen LogP contribution in [0.1, 0.15) is 9.80 Å². The highest BCUT2D eigenvalue weighted by Gasteiger charge is 2.18. The van der Waals surface area contributed by atoms with Crippen LogP contribution in [0.15, 0.2) is 24.8 Å². The normalized spacial score (nSPS) is 15.1. The molecule has 86 valence electrons. The number of thiazole rings is 1. The van der Waals surface area contributed by atoms with Crippen molar-refractivity contribution in [3.8, 4) is 0 Å². The van der Waals surface area contributed by atoms with Gasteiger partial charge in [-0.15, -0.1) is 0 Å². The van der Waals surface area contributed by atoms with Crippen molar-refractivity contribution in [2.75, 3.05) is 6.54 Å². The molecule has 0 saturated carbocycles. The first-order valence-corrected chi connectivity index (χ1v) is 5.62. The van der Waals surface area contributed by atoms with Gasteiger partial charge in [-0.3, -0.25) is 5.43 Å². The van der Waals surface area contributed by atoms with Gasteiger partial charge in [0.1, 0.15) is 16.7 Å². The number of hydrazine groups is 1. The second kappa shape index (κ2) is 4.07. The van der Waals surface area contributed by atoms with Gasteiger partial charge in [-0.1, -0.05) is 11.3 Å². The summed E-state index contributed by atoms with van der Waals surface area (Å²) in [5.74, 6) is -0.510. The fraction of sp³-hybridized carbons (Fsp3) is 0.111. The lowest BCUT2D eigenvalue weighted by molar-refractivity contribution is -0.121. The zero-order valence-corrected chi connectivity index (χ0v) is 9.35. The average Bonchev–Trinajstić information content (AvgIpc) is 2.96. The molecule has 0 unspecified atom stereocenters. The Hall–Kier alpha value is -2.06. The van der Waals surface area contributed by atoms with Crippen LogP contribution >= 0.6 is 11.3 Å². The Bertz CT molecular complexity index is 555. The standard InChI is InChI=1S/C9H7N5O2S/c15-9(16-14-3-1-2-12-14)8-13-6-4-10-5-11-7(6)17-8/h1-2,4-5,12H,3H2. The molecule has 2 aromatic heterocycles. The first-order chi connectivity index (χ1) is 8.33. The van der Waals surface area contributed by atoms with Crippen LogP contribution in [0.25, 0.3) is 10.3 Å². The third kappa shape index (κ3) is 1.95. The topological polar surface area (TPSA) is 80.2 Å². The first-order valence-electron chi connectivity index (χ1n) is 4.80. The van der Waals surface area contributed by atoms with Gasteiger partial charge in [0.15, 0.2) is 0 Å². The lowest BCUT2D eigenvalue weighted by Crippen LogP contribution is -2.32. The van der Waals surface area contributed by atoms with Crippen LogP contribution in [0.5, 0.6) is 0 Å². The van der Waals surface area contributed by atoms with Crippen LogP contribution in [0.2, 0.25) is 0 Å². The Morgan fingerprint density at radius 1 is 1.59 bits per heavy atom. The fourth-order valence-corrected chi connectivity index (χ4v) is 2.07. The zero-order valence-electron chi connectivity index (χ0n) is 8.53. The molecule has 0 aliphatic carbocycles. The molecule has 0 bridgehead atoms. The van der Waals surface area contributed by atoms with Gasteiger partial charge in [-0.25, -0.2) is 19.7 Å². The molecule has 1 aliphatic heterocycles. The molecule has 17 heavy (non-hydrogen) atoms. The minimum absolute atomic E-state index is 0.259. The Morgan fingerprint density at radius 2 is 2.53 bits per heavy atom. The summed E-state index contributed by atoms with van der Waals surface area (Å²) in [5, 5.41) is 1.58. The van der Waals surface area contributed by atoms with Crippen LogP contribution in [0.3, 0.4) is 0 Å². The maximum atomic E-state index is 11.7. The van der Waals surface area contributed by atoms with E-state index in [1.807, 2.05) is 6.08 Å². The quantitative estimate of drug-likeness (QED) is 0.829. The van der Waals surface area contributed by atoms with E-state index in [-0.39, 0.29) is 5.01 Å². The summed E-state index contributed by atoms with van der Waals surface area (Å²) in [7, 11) is 0. The van der Waals surface area contributed by atoms with Gasteiger partial charge in [0.05, 0.1) is 12.7 Å². The molecule has 2 aromatic rings. The van der Waals surface area contributed by atoms with E-state index in [0.29, 0.717) is 16.9 Å². The monoisotopic (exact) mass is 249 g/mol. The van der Waals surface area contributed by atoms with E-state index in [9.17, 15) is 4.79 Å². The second-order valence-corrected chi connectivity index (χ2v) is 4.18. The molecule has 0 radical (unpaired) electrons. The number of hydrogen-bond donors (Lipinski definition) is 1. The number of hydrogen-bond acceptors (Lipinski definition) is 8. The Balaban J connectivity index is 1.80. The zero-order chi connectivity index (χ0) is 11.7. The second-order valence-electron chi connectivity index (χ2n) is 3.20. The van der Waals surface area contributed by atoms with Crippen LogP contribution in [-0.4, -0.2) is 32.6 Å². The predicted molar refractivity (Wildman–Crippen MR) is 59.6 cm³/mol. The Morgan fingerprint density at radius 3 is 3.29 bits per heavy atom. The SMILES string of the molecule is O=C(ON1CC=CN1)c1nc2cncnc2s1. The molecule has 1 N–H and O–H groups in total. The number of nitrogens with zero attached hydrogens (tertiary/aromatic N) is 4. The third-order valence-corrected chi connectivity index (χ3v) is 3.01. The third-order valence-electron chi connectivity index (χ3n) is 2.05. The summed E-state index contributed by atoms with van der Waals surface area (Å²) in [5.41, 5.74) is 3.34. The number of aromatic nitrogens is 3. The highest BCUT2D eigenvalue weighted by molar-refractivity contribution is 7.19. The lowest BCUT2D eigenvalue weighted by Gasteiger charge is -2.13. The molecule has 0 aromatic carbocycles. The van der Waals surface area contributed by atoms with Crippen LogP contribution in [-0.2, 0) is 4.84 Å². The van der Waals surface area contributed by atoms with E-state index < -0.39 is 5.97 Å². The van der Waals surface area contributed by atoms with Crippen molar-refractivity contribution in [3.63, 3.8) is 0 Å². The molecule has 0 saturated heterocycles. The molecule has 7 nitrogen and oxygen atoms in total. The molecular formula is C9H7N5O2S. The van der Waals surface area contributed by atoms with Gasteiger partial charge < -0.3 is 4.84 Å². The van der Waals surface area contributed by atoms with E-state index in [1.54, 1.807) is 12.4 Å². The van der Waals surface area contributed by atoms with Crippen molar-refractivity contribution in [2.24, 2.45) is 0 Å². The van der Waals surface area contributed by atoms with E-state index in [0.717, 1.165) is 0 Å². The molecule has 1 aliphatic rings.